The standard InChI is InChI=1S/C13H21N3O3S/c14-13-11(6-1-7-12(13)20(15,18)19)16-8-2-4-10(16)5-3-9-17/h1,6-7,10,17H,2-5,8-9,14H2,(H2,15,18,19). The van der Waals surface area contributed by atoms with Crippen LogP contribution in [0.25, 0.3) is 0 Å². The first-order chi connectivity index (χ1) is 9.45. The zero-order chi connectivity index (χ0) is 14.8. The molecule has 0 saturated carbocycles. The molecular weight excluding hydrogens is 278 g/mol. The molecule has 5 N–H and O–H groups in total. The average Bonchev–Trinajstić information content (AvgIpc) is 2.83. The van der Waals surface area contributed by atoms with Crippen molar-refractivity contribution >= 4 is 21.4 Å². The van der Waals surface area contributed by atoms with Crippen LogP contribution in [0.1, 0.15) is 25.7 Å². The van der Waals surface area contributed by atoms with Gasteiger partial charge < -0.3 is 15.7 Å². The van der Waals surface area contributed by atoms with Crippen LogP contribution in [0.2, 0.25) is 0 Å². The van der Waals surface area contributed by atoms with Crippen LogP contribution >= 0.6 is 0 Å². The minimum atomic E-state index is -3.81. The third-order valence-corrected chi connectivity index (χ3v) is 4.70. The van der Waals surface area contributed by atoms with Crippen molar-refractivity contribution in [2.24, 2.45) is 5.14 Å². The lowest BCUT2D eigenvalue weighted by atomic mass is 10.1. The highest BCUT2D eigenvalue weighted by atomic mass is 32.2. The molecule has 7 heteroatoms. The molecule has 1 aromatic carbocycles. The van der Waals surface area contributed by atoms with Crippen LogP contribution in [-0.2, 0) is 10.0 Å². The molecule has 2 rings (SSSR count). The summed E-state index contributed by atoms with van der Waals surface area (Å²) in [5, 5.41) is 14.1. The fourth-order valence-electron chi connectivity index (χ4n) is 2.81. The number of hydrogen-bond acceptors (Lipinski definition) is 5. The first-order valence-electron chi connectivity index (χ1n) is 6.74. The quantitative estimate of drug-likeness (QED) is 0.692. The van der Waals surface area contributed by atoms with Gasteiger partial charge in [-0.1, -0.05) is 6.07 Å². The zero-order valence-corrected chi connectivity index (χ0v) is 12.1. The lowest BCUT2D eigenvalue weighted by Gasteiger charge is -2.28. The lowest BCUT2D eigenvalue weighted by molar-refractivity contribution is 0.279. The van der Waals surface area contributed by atoms with Crippen molar-refractivity contribution < 1.29 is 13.5 Å². The van der Waals surface area contributed by atoms with Crippen LogP contribution in [0, 0.1) is 0 Å². The van der Waals surface area contributed by atoms with E-state index in [1.54, 1.807) is 6.07 Å². The molecule has 1 aliphatic rings. The molecule has 0 amide bonds. The molecule has 1 aromatic rings. The van der Waals surface area contributed by atoms with Gasteiger partial charge in [-0.15, -0.1) is 0 Å². The number of sulfonamides is 1. The number of anilines is 2. The molecule has 0 aromatic heterocycles. The number of para-hydroxylation sites is 1. The Morgan fingerprint density at radius 1 is 1.40 bits per heavy atom. The SMILES string of the molecule is Nc1c(N2CCCC2CCCO)cccc1S(N)(=O)=O. The fraction of sp³-hybridized carbons (Fsp3) is 0.538. The van der Waals surface area contributed by atoms with Crippen molar-refractivity contribution in [3.8, 4) is 0 Å². The van der Waals surface area contributed by atoms with Crippen molar-refractivity contribution in [2.45, 2.75) is 36.6 Å². The Balaban J connectivity index is 2.33. The molecule has 0 aliphatic carbocycles. The van der Waals surface area contributed by atoms with Crippen molar-refractivity contribution in [2.75, 3.05) is 23.8 Å². The maximum atomic E-state index is 11.5. The average molecular weight is 299 g/mol. The van der Waals surface area contributed by atoms with E-state index < -0.39 is 10.0 Å². The van der Waals surface area contributed by atoms with Gasteiger partial charge in [0.2, 0.25) is 10.0 Å². The Kier molecular flexibility index (Phi) is 4.52. The maximum absolute atomic E-state index is 11.5. The number of hydrogen-bond donors (Lipinski definition) is 3. The summed E-state index contributed by atoms with van der Waals surface area (Å²) in [6.07, 6.45) is 3.67. The summed E-state index contributed by atoms with van der Waals surface area (Å²) in [5.41, 5.74) is 6.92. The summed E-state index contributed by atoms with van der Waals surface area (Å²) >= 11 is 0. The summed E-state index contributed by atoms with van der Waals surface area (Å²) in [6, 6.07) is 5.20. The Morgan fingerprint density at radius 3 is 2.80 bits per heavy atom. The number of nitrogen functional groups attached to an aromatic ring is 1. The number of primary sulfonamides is 1. The molecule has 0 bridgehead atoms. The second-order valence-electron chi connectivity index (χ2n) is 5.09. The summed E-state index contributed by atoms with van der Waals surface area (Å²) in [6.45, 7) is 1.01. The van der Waals surface area contributed by atoms with E-state index in [-0.39, 0.29) is 17.2 Å². The van der Waals surface area contributed by atoms with Gasteiger partial charge in [-0.05, 0) is 37.8 Å². The number of aliphatic hydroxyl groups is 1. The van der Waals surface area contributed by atoms with Gasteiger partial charge in [0.05, 0.1) is 11.4 Å². The topological polar surface area (TPSA) is 110 Å². The van der Waals surface area contributed by atoms with E-state index in [1.807, 2.05) is 6.07 Å². The number of aliphatic hydroxyl groups excluding tert-OH is 1. The van der Waals surface area contributed by atoms with Gasteiger partial charge in [0.25, 0.3) is 0 Å². The van der Waals surface area contributed by atoms with Gasteiger partial charge in [-0.25, -0.2) is 13.6 Å². The lowest BCUT2D eigenvalue weighted by Crippen LogP contribution is -2.30. The van der Waals surface area contributed by atoms with Crippen molar-refractivity contribution in [3.05, 3.63) is 18.2 Å². The molecule has 1 atom stereocenters. The van der Waals surface area contributed by atoms with Gasteiger partial charge in [-0.3, -0.25) is 0 Å². The van der Waals surface area contributed by atoms with Gasteiger partial charge in [-0.2, -0.15) is 0 Å². The van der Waals surface area contributed by atoms with Crippen molar-refractivity contribution in [1.82, 2.24) is 0 Å². The monoisotopic (exact) mass is 299 g/mol. The second kappa shape index (κ2) is 5.99. The van der Waals surface area contributed by atoms with Crippen LogP contribution in [0.4, 0.5) is 11.4 Å². The number of nitrogens with zero attached hydrogens (tertiary/aromatic N) is 1. The van der Waals surface area contributed by atoms with E-state index in [9.17, 15) is 8.42 Å². The van der Waals surface area contributed by atoms with E-state index in [2.05, 4.69) is 4.90 Å². The van der Waals surface area contributed by atoms with Crippen LogP contribution < -0.4 is 15.8 Å². The third-order valence-electron chi connectivity index (χ3n) is 3.73. The number of nitrogens with two attached hydrogens (primary N) is 2. The first-order valence-corrected chi connectivity index (χ1v) is 8.28. The third kappa shape index (κ3) is 3.05. The van der Waals surface area contributed by atoms with E-state index in [1.165, 1.54) is 6.07 Å². The smallest absolute Gasteiger partial charge is 0.240 e. The van der Waals surface area contributed by atoms with Gasteiger partial charge >= 0.3 is 0 Å². The molecular formula is C13H21N3O3S. The summed E-state index contributed by atoms with van der Waals surface area (Å²) in [7, 11) is -3.81. The molecule has 1 unspecified atom stereocenters. The molecule has 1 saturated heterocycles. The summed E-state index contributed by atoms with van der Waals surface area (Å²) in [5.74, 6) is 0. The second-order valence-corrected chi connectivity index (χ2v) is 6.62. The first kappa shape index (κ1) is 15.1. The molecule has 112 valence electrons. The predicted molar refractivity (Wildman–Crippen MR) is 78.9 cm³/mol. The van der Waals surface area contributed by atoms with Crippen LogP contribution in [0.3, 0.4) is 0 Å². The van der Waals surface area contributed by atoms with E-state index >= 15 is 0 Å². The van der Waals surface area contributed by atoms with E-state index in [0.29, 0.717) is 6.04 Å². The molecule has 1 aliphatic heterocycles. The zero-order valence-electron chi connectivity index (χ0n) is 11.3. The highest BCUT2D eigenvalue weighted by molar-refractivity contribution is 7.89. The molecule has 20 heavy (non-hydrogen) atoms. The Bertz CT molecular complexity index is 574. The van der Waals surface area contributed by atoms with Crippen LogP contribution in [0.15, 0.2) is 23.1 Å². The number of rotatable bonds is 5. The van der Waals surface area contributed by atoms with E-state index in [0.717, 1.165) is 37.9 Å². The minimum Gasteiger partial charge on any atom is -0.396 e. The summed E-state index contributed by atoms with van der Waals surface area (Å²) < 4.78 is 23.0. The largest absolute Gasteiger partial charge is 0.396 e. The molecule has 6 nitrogen and oxygen atoms in total. The van der Waals surface area contributed by atoms with Crippen LogP contribution in [0.5, 0.6) is 0 Å². The van der Waals surface area contributed by atoms with Crippen LogP contribution in [-0.4, -0.2) is 32.7 Å². The minimum absolute atomic E-state index is 0.0252. The molecule has 1 fully saturated rings. The normalized spacial score (nSPS) is 19.5. The fourth-order valence-corrected chi connectivity index (χ4v) is 3.49. The molecule has 0 radical (unpaired) electrons. The Labute approximate surface area is 119 Å². The van der Waals surface area contributed by atoms with Crippen molar-refractivity contribution in [1.29, 1.82) is 0 Å². The highest BCUT2D eigenvalue weighted by Crippen LogP contribution is 2.35. The molecule has 1 heterocycles. The summed E-state index contributed by atoms with van der Waals surface area (Å²) in [4.78, 5) is 2.10. The van der Waals surface area contributed by atoms with E-state index in [4.69, 9.17) is 16.0 Å². The predicted octanol–water partition coefficient (Wildman–Crippen LogP) is 0.658. The van der Waals surface area contributed by atoms with Gasteiger partial charge in [0, 0.05) is 19.2 Å². The van der Waals surface area contributed by atoms with Gasteiger partial charge in [0.1, 0.15) is 4.90 Å². The van der Waals surface area contributed by atoms with Crippen molar-refractivity contribution in [3.63, 3.8) is 0 Å². The maximum Gasteiger partial charge on any atom is 0.240 e. The Hall–Kier alpha value is -1.31. The molecule has 0 spiro atoms. The highest BCUT2D eigenvalue weighted by Gasteiger charge is 2.27. The Morgan fingerprint density at radius 2 is 2.15 bits per heavy atom. The van der Waals surface area contributed by atoms with Gasteiger partial charge in [0.15, 0.2) is 0 Å². The number of benzene rings is 1.